The number of hydrogen-bond donors (Lipinski definition) is 1. The molecule has 1 atom stereocenters. The third-order valence-electron chi connectivity index (χ3n) is 3.15. The number of rotatable bonds is 4. The minimum atomic E-state index is -0.321. The van der Waals surface area contributed by atoms with Gasteiger partial charge < -0.3 is 5.11 Å². The van der Waals surface area contributed by atoms with E-state index in [2.05, 4.69) is 45.9 Å². The summed E-state index contributed by atoms with van der Waals surface area (Å²) in [5.41, 5.74) is 3.75. The molecule has 0 bridgehead atoms. The zero-order valence-corrected chi connectivity index (χ0v) is 11.1. The molecule has 0 aliphatic rings. The average molecular weight is 220 g/mol. The molecule has 1 nitrogen and oxygen atoms in total. The topological polar surface area (TPSA) is 20.2 Å². The molecule has 1 aromatic rings. The number of aliphatic hydroxyl groups excluding tert-OH is 1. The zero-order chi connectivity index (χ0) is 12.3. The van der Waals surface area contributed by atoms with Gasteiger partial charge in [-0.3, -0.25) is 0 Å². The van der Waals surface area contributed by atoms with Gasteiger partial charge in [0.25, 0.3) is 0 Å². The smallest absolute Gasteiger partial charge is 0.0790 e. The van der Waals surface area contributed by atoms with E-state index >= 15 is 0 Å². The monoisotopic (exact) mass is 220 g/mol. The van der Waals surface area contributed by atoms with Crippen molar-refractivity contribution in [2.24, 2.45) is 0 Å². The summed E-state index contributed by atoms with van der Waals surface area (Å²) in [5.74, 6) is 1.01. The van der Waals surface area contributed by atoms with Crippen LogP contribution in [0, 0.1) is 0 Å². The normalized spacial score (nSPS) is 13.5. The summed E-state index contributed by atoms with van der Waals surface area (Å²) >= 11 is 0. The minimum Gasteiger partial charge on any atom is -0.388 e. The van der Waals surface area contributed by atoms with Crippen LogP contribution in [-0.4, -0.2) is 5.11 Å². The summed E-state index contributed by atoms with van der Waals surface area (Å²) in [7, 11) is 0. The highest BCUT2D eigenvalue weighted by Gasteiger charge is 2.14. The second-order valence-electron chi connectivity index (χ2n) is 5.12. The quantitative estimate of drug-likeness (QED) is 0.798. The summed E-state index contributed by atoms with van der Waals surface area (Å²) in [6.07, 6.45) is 0.458. The molecule has 0 aromatic heterocycles. The molecule has 0 amide bonds. The number of hydrogen-bond acceptors (Lipinski definition) is 1. The highest BCUT2D eigenvalue weighted by atomic mass is 16.3. The van der Waals surface area contributed by atoms with E-state index in [1.54, 1.807) is 0 Å². The van der Waals surface area contributed by atoms with Crippen molar-refractivity contribution in [3.8, 4) is 0 Å². The minimum absolute atomic E-state index is 0.321. The Morgan fingerprint density at radius 1 is 1.00 bits per heavy atom. The third kappa shape index (κ3) is 2.85. The van der Waals surface area contributed by atoms with Gasteiger partial charge in [0, 0.05) is 0 Å². The van der Waals surface area contributed by atoms with Crippen molar-refractivity contribution in [1.82, 2.24) is 0 Å². The van der Waals surface area contributed by atoms with Crippen LogP contribution in [0.25, 0.3) is 0 Å². The highest BCUT2D eigenvalue weighted by molar-refractivity contribution is 5.36. The van der Waals surface area contributed by atoms with Crippen LogP contribution in [0.2, 0.25) is 0 Å². The van der Waals surface area contributed by atoms with Crippen LogP contribution in [0.4, 0.5) is 0 Å². The van der Waals surface area contributed by atoms with Crippen molar-refractivity contribution in [1.29, 1.82) is 0 Å². The summed E-state index contributed by atoms with van der Waals surface area (Å²) in [4.78, 5) is 0. The van der Waals surface area contributed by atoms with Crippen molar-refractivity contribution in [2.75, 3.05) is 0 Å². The van der Waals surface area contributed by atoms with E-state index in [1.807, 2.05) is 6.92 Å². The maximum Gasteiger partial charge on any atom is 0.0790 e. The van der Waals surface area contributed by atoms with Crippen LogP contribution in [-0.2, 0) is 0 Å². The molecule has 0 saturated carbocycles. The molecule has 16 heavy (non-hydrogen) atoms. The van der Waals surface area contributed by atoms with E-state index in [0.717, 1.165) is 12.0 Å². The predicted molar refractivity (Wildman–Crippen MR) is 69.9 cm³/mol. The average Bonchev–Trinajstić information content (AvgIpc) is 2.26. The Morgan fingerprint density at radius 3 is 2.06 bits per heavy atom. The van der Waals surface area contributed by atoms with E-state index in [4.69, 9.17) is 0 Å². The molecule has 0 aliphatic carbocycles. The molecule has 0 spiro atoms. The van der Waals surface area contributed by atoms with Gasteiger partial charge in [-0.1, -0.05) is 52.8 Å². The molecule has 0 heterocycles. The van der Waals surface area contributed by atoms with Crippen molar-refractivity contribution in [3.05, 3.63) is 34.9 Å². The van der Waals surface area contributed by atoms with Crippen molar-refractivity contribution in [3.63, 3.8) is 0 Å². The van der Waals surface area contributed by atoms with Crippen LogP contribution in [0.1, 0.15) is 75.7 Å². The molecule has 0 unspecified atom stereocenters. The lowest BCUT2D eigenvalue weighted by Crippen LogP contribution is -2.04. The lowest BCUT2D eigenvalue weighted by atomic mass is 9.89. The predicted octanol–water partition coefficient (Wildman–Crippen LogP) is 4.38. The fourth-order valence-electron chi connectivity index (χ4n) is 1.98. The second kappa shape index (κ2) is 5.49. The van der Waals surface area contributed by atoms with Crippen LogP contribution in [0.15, 0.2) is 18.2 Å². The molecule has 0 aliphatic heterocycles. The van der Waals surface area contributed by atoms with Crippen molar-refractivity contribution in [2.45, 2.75) is 59.0 Å². The Hall–Kier alpha value is -0.820. The van der Waals surface area contributed by atoms with Gasteiger partial charge in [0.1, 0.15) is 0 Å². The van der Waals surface area contributed by atoms with Crippen molar-refractivity contribution < 1.29 is 5.11 Å². The first-order valence-corrected chi connectivity index (χ1v) is 6.29. The van der Waals surface area contributed by atoms with Crippen molar-refractivity contribution >= 4 is 0 Å². The van der Waals surface area contributed by atoms with Crippen LogP contribution >= 0.6 is 0 Å². The van der Waals surface area contributed by atoms with Gasteiger partial charge in [-0.05, 0) is 34.9 Å². The third-order valence-corrected chi connectivity index (χ3v) is 3.15. The molecule has 1 heteroatoms. The molecular weight excluding hydrogens is 196 g/mol. The first-order valence-electron chi connectivity index (χ1n) is 6.29. The largest absolute Gasteiger partial charge is 0.388 e. The number of benzene rings is 1. The standard InChI is InChI=1S/C15H24O/c1-6-15(16)13-8-7-12(10(2)3)9-14(13)11(4)5/h7-11,15-16H,6H2,1-5H3/t15-/m0/s1. The van der Waals surface area contributed by atoms with E-state index in [-0.39, 0.29) is 6.10 Å². The number of aliphatic hydroxyl groups is 1. The van der Waals surface area contributed by atoms with Gasteiger partial charge >= 0.3 is 0 Å². The van der Waals surface area contributed by atoms with Crippen LogP contribution in [0.5, 0.6) is 0 Å². The van der Waals surface area contributed by atoms with Gasteiger partial charge in [0.15, 0.2) is 0 Å². The molecule has 0 saturated heterocycles. The first-order chi connectivity index (χ1) is 7.47. The Kier molecular flexibility index (Phi) is 4.55. The zero-order valence-electron chi connectivity index (χ0n) is 11.1. The SMILES string of the molecule is CC[C@H](O)c1ccc(C(C)C)cc1C(C)C. The lowest BCUT2D eigenvalue weighted by Gasteiger charge is -2.19. The lowest BCUT2D eigenvalue weighted by molar-refractivity contribution is 0.172. The molecule has 0 fully saturated rings. The summed E-state index contributed by atoms with van der Waals surface area (Å²) < 4.78 is 0. The van der Waals surface area contributed by atoms with E-state index in [0.29, 0.717) is 11.8 Å². The van der Waals surface area contributed by atoms with E-state index in [9.17, 15) is 5.11 Å². The summed E-state index contributed by atoms with van der Waals surface area (Å²) in [6, 6.07) is 6.49. The van der Waals surface area contributed by atoms with E-state index < -0.39 is 0 Å². The molecular formula is C15H24O. The fraction of sp³-hybridized carbons (Fsp3) is 0.600. The highest BCUT2D eigenvalue weighted by Crippen LogP contribution is 2.29. The molecule has 1 aromatic carbocycles. The van der Waals surface area contributed by atoms with Gasteiger partial charge in [-0.15, -0.1) is 0 Å². The fourth-order valence-corrected chi connectivity index (χ4v) is 1.98. The van der Waals surface area contributed by atoms with Gasteiger partial charge in [-0.2, -0.15) is 0 Å². The van der Waals surface area contributed by atoms with Gasteiger partial charge in [0.05, 0.1) is 6.10 Å². The Morgan fingerprint density at radius 2 is 1.62 bits per heavy atom. The molecule has 1 rings (SSSR count). The Balaban J connectivity index is 3.19. The Bertz CT molecular complexity index is 339. The summed E-state index contributed by atoms with van der Waals surface area (Å²) in [5, 5.41) is 9.99. The molecule has 90 valence electrons. The van der Waals surface area contributed by atoms with E-state index in [1.165, 1.54) is 11.1 Å². The van der Waals surface area contributed by atoms with Crippen LogP contribution < -0.4 is 0 Å². The maximum atomic E-state index is 9.99. The van der Waals surface area contributed by atoms with Gasteiger partial charge in [-0.25, -0.2) is 0 Å². The first kappa shape index (κ1) is 13.2. The van der Waals surface area contributed by atoms with Gasteiger partial charge in [0.2, 0.25) is 0 Å². The Labute approximate surface area is 99.5 Å². The second-order valence-corrected chi connectivity index (χ2v) is 5.12. The maximum absolute atomic E-state index is 9.99. The summed E-state index contributed by atoms with van der Waals surface area (Å²) in [6.45, 7) is 10.8. The molecule has 1 N–H and O–H groups in total. The molecule has 0 radical (unpaired) electrons. The van der Waals surface area contributed by atoms with Crippen LogP contribution in [0.3, 0.4) is 0 Å².